The van der Waals surface area contributed by atoms with Gasteiger partial charge in [-0.1, -0.05) is 0 Å². The van der Waals surface area contributed by atoms with Crippen molar-refractivity contribution < 1.29 is 9.72 Å². The zero-order valence-corrected chi connectivity index (χ0v) is 10.6. The average Bonchev–Trinajstić information content (AvgIpc) is 2.39. The van der Waals surface area contributed by atoms with Gasteiger partial charge in [-0.25, -0.2) is 4.79 Å². The topological polar surface area (TPSA) is 87.5 Å². The molecule has 1 aliphatic rings. The Morgan fingerprint density at radius 3 is 2.74 bits per heavy atom. The van der Waals surface area contributed by atoms with Gasteiger partial charge < -0.3 is 15.5 Å². The largest absolute Gasteiger partial charge is 0.322 e. The van der Waals surface area contributed by atoms with Crippen molar-refractivity contribution in [3.8, 4) is 0 Å². The van der Waals surface area contributed by atoms with Crippen molar-refractivity contribution in [2.75, 3.05) is 25.0 Å². The van der Waals surface area contributed by atoms with Crippen LogP contribution in [0.2, 0.25) is 0 Å². The first-order chi connectivity index (χ1) is 9.06. The molecular weight excluding hydrogens is 248 g/mol. The van der Waals surface area contributed by atoms with Crippen LogP contribution in [-0.2, 0) is 0 Å². The van der Waals surface area contributed by atoms with Gasteiger partial charge in [-0.2, -0.15) is 0 Å². The Labute approximate surface area is 110 Å². The number of amides is 2. The zero-order chi connectivity index (χ0) is 13.8. The number of nitro groups is 1. The van der Waals surface area contributed by atoms with E-state index < -0.39 is 4.92 Å². The number of urea groups is 1. The maximum absolute atomic E-state index is 12.0. The Kier molecular flexibility index (Phi) is 3.96. The molecule has 1 aromatic carbocycles. The van der Waals surface area contributed by atoms with Gasteiger partial charge in [-0.3, -0.25) is 10.1 Å². The van der Waals surface area contributed by atoms with Crippen LogP contribution in [0.4, 0.5) is 16.2 Å². The van der Waals surface area contributed by atoms with E-state index in [1.165, 1.54) is 24.3 Å². The molecule has 2 amide bonds. The van der Waals surface area contributed by atoms with Crippen LogP contribution in [0.3, 0.4) is 0 Å². The zero-order valence-electron chi connectivity index (χ0n) is 10.6. The van der Waals surface area contributed by atoms with Crippen LogP contribution in [0.25, 0.3) is 0 Å². The summed E-state index contributed by atoms with van der Waals surface area (Å²) in [6.07, 6.45) is 0. The summed E-state index contributed by atoms with van der Waals surface area (Å²) in [5.41, 5.74) is 0.565. The Bertz CT molecular complexity index is 474. The molecule has 1 aliphatic heterocycles. The molecule has 0 spiro atoms. The van der Waals surface area contributed by atoms with Crippen LogP contribution < -0.4 is 10.6 Å². The SMILES string of the molecule is C[C@@H]1CN(C(=O)Nc2ccc([N+](=O)[O-])cc2)CCN1. The Morgan fingerprint density at radius 2 is 2.16 bits per heavy atom. The van der Waals surface area contributed by atoms with Crippen molar-refractivity contribution in [3.05, 3.63) is 34.4 Å². The Morgan fingerprint density at radius 1 is 1.47 bits per heavy atom. The highest BCUT2D eigenvalue weighted by Gasteiger charge is 2.20. The van der Waals surface area contributed by atoms with Crippen molar-refractivity contribution in [3.63, 3.8) is 0 Å². The number of piperazine rings is 1. The van der Waals surface area contributed by atoms with Crippen LogP contribution in [0, 0.1) is 10.1 Å². The number of nitrogens with one attached hydrogen (secondary N) is 2. The maximum Gasteiger partial charge on any atom is 0.321 e. The van der Waals surface area contributed by atoms with Gasteiger partial charge in [0.25, 0.3) is 5.69 Å². The summed E-state index contributed by atoms with van der Waals surface area (Å²) in [7, 11) is 0. The van der Waals surface area contributed by atoms with Gasteiger partial charge in [0.15, 0.2) is 0 Å². The van der Waals surface area contributed by atoms with Crippen LogP contribution in [-0.4, -0.2) is 41.5 Å². The van der Waals surface area contributed by atoms with Crippen molar-refractivity contribution >= 4 is 17.4 Å². The summed E-state index contributed by atoms with van der Waals surface area (Å²) in [6, 6.07) is 5.90. The smallest absolute Gasteiger partial charge is 0.321 e. The summed E-state index contributed by atoms with van der Waals surface area (Å²) >= 11 is 0. The molecule has 0 radical (unpaired) electrons. The van der Waals surface area contributed by atoms with E-state index in [0.29, 0.717) is 18.8 Å². The third-order valence-corrected chi connectivity index (χ3v) is 2.99. The van der Waals surface area contributed by atoms with E-state index in [9.17, 15) is 14.9 Å². The molecular formula is C12H16N4O3. The highest BCUT2D eigenvalue weighted by atomic mass is 16.6. The second-order valence-electron chi connectivity index (χ2n) is 4.54. The van der Waals surface area contributed by atoms with Crippen LogP contribution in [0.15, 0.2) is 24.3 Å². The van der Waals surface area contributed by atoms with E-state index in [-0.39, 0.29) is 17.8 Å². The molecule has 1 atom stereocenters. The van der Waals surface area contributed by atoms with E-state index in [1.54, 1.807) is 4.90 Å². The Hall–Kier alpha value is -2.15. The second kappa shape index (κ2) is 5.66. The molecule has 0 bridgehead atoms. The number of anilines is 1. The van der Waals surface area contributed by atoms with E-state index in [2.05, 4.69) is 10.6 Å². The fourth-order valence-electron chi connectivity index (χ4n) is 1.99. The minimum Gasteiger partial charge on any atom is -0.322 e. The molecule has 7 nitrogen and oxygen atoms in total. The first kappa shape index (κ1) is 13.3. The number of nitrogens with zero attached hydrogens (tertiary/aromatic N) is 2. The van der Waals surface area contributed by atoms with Crippen molar-refractivity contribution in [1.29, 1.82) is 0 Å². The summed E-state index contributed by atoms with van der Waals surface area (Å²) in [5.74, 6) is 0. The maximum atomic E-state index is 12.0. The quantitative estimate of drug-likeness (QED) is 0.624. The van der Waals surface area contributed by atoms with Crippen LogP contribution in [0.5, 0.6) is 0 Å². The summed E-state index contributed by atoms with van der Waals surface area (Å²) in [4.78, 5) is 23.8. The highest BCUT2D eigenvalue weighted by molar-refractivity contribution is 5.89. The molecule has 2 N–H and O–H groups in total. The molecule has 0 saturated carbocycles. The molecule has 1 aromatic rings. The molecule has 7 heteroatoms. The predicted molar refractivity (Wildman–Crippen MR) is 71.2 cm³/mol. The van der Waals surface area contributed by atoms with Gasteiger partial charge in [0.2, 0.25) is 0 Å². The number of hydrogen-bond donors (Lipinski definition) is 2. The predicted octanol–water partition coefficient (Wildman–Crippen LogP) is 1.42. The molecule has 1 saturated heterocycles. The second-order valence-corrected chi connectivity index (χ2v) is 4.54. The normalized spacial score (nSPS) is 19.0. The lowest BCUT2D eigenvalue weighted by atomic mass is 10.2. The fraction of sp³-hybridized carbons (Fsp3) is 0.417. The third kappa shape index (κ3) is 3.41. The van der Waals surface area contributed by atoms with Gasteiger partial charge in [0, 0.05) is 43.5 Å². The van der Waals surface area contributed by atoms with Gasteiger partial charge in [-0.05, 0) is 19.1 Å². The number of benzene rings is 1. The molecule has 19 heavy (non-hydrogen) atoms. The molecule has 0 unspecified atom stereocenters. The van der Waals surface area contributed by atoms with E-state index in [4.69, 9.17) is 0 Å². The minimum absolute atomic E-state index is 0.00814. The molecule has 0 aromatic heterocycles. The number of non-ortho nitro benzene ring substituents is 1. The van der Waals surface area contributed by atoms with Gasteiger partial charge >= 0.3 is 6.03 Å². The summed E-state index contributed by atoms with van der Waals surface area (Å²) in [5, 5.41) is 16.5. The number of carbonyl (C=O) groups excluding carboxylic acids is 1. The lowest BCUT2D eigenvalue weighted by Crippen LogP contribution is -2.52. The highest BCUT2D eigenvalue weighted by Crippen LogP contribution is 2.16. The van der Waals surface area contributed by atoms with E-state index in [0.717, 1.165) is 6.54 Å². The standard InChI is InChI=1S/C12H16N4O3/c1-9-8-15(7-6-13-9)12(17)14-10-2-4-11(5-3-10)16(18)19/h2-5,9,13H,6-8H2,1H3,(H,14,17)/t9-/m1/s1. The minimum atomic E-state index is -0.469. The number of rotatable bonds is 2. The van der Waals surface area contributed by atoms with E-state index >= 15 is 0 Å². The summed E-state index contributed by atoms with van der Waals surface area (Å²) in [6.45, 7) is 4.10. The third-order valence-electron chi connectivity index (χ3n) is 2.99. The van der Waals surface area contributed by atoms with Crippen molar-refractivity contribution in [1.82, 2.24) is 10.2 Å². The molecule has 102 valence electrons. The molecule has 1 fully saturated rings. The molecule has 0 aliphatic carbocycles. The van der Waals surface area contributed by atoms with Crippen LogP contribution >= 0.6 is 0 Å². The first-order valence-corrected chi connectivity index (χ1v) is 6.10. The van der Waals surface area contributed by atoms with Gasteiger partial charge in [-0.15, -0.1) is 0 Å². The first-order valence-electron chi connectivity index (χ1n) is 6.10. The number of nitro benzene ring substituents is 1. The average molecular weight is 264 g/mol. The monoisotopic (exact) mass is 264 g/mol. The summed E-state index contributed by atoms with van der Waals surface area (Å²) < 4.78 is 0. The molecule has 1 heterocycles. The van der Waals surface area contributed by atoms with Gasteiger partial charge in [0.1, 0.15) is 0 Å². The van der Waals surface area contributed by atoms with Crippen LogP contribution in [0.1, 0.15) is 6.92 Å². The fourth-order valence-corrected chi connectivity index (χ4v) is 1.99. The lowest BCUT2D eigenvalue weighted by Gasteiger charge is -2.31. The van der Waals surface area contributed by atoms with Gasteiger partial charge in [0.05, 0.1) is 4.92 Å². The van der Waals surface area contributed by atoms with E-state index in [1.807, 2.05) is 6.92 Å². The Balaban J connectivity index is 1.96. The van der Waals surface area contributed by atoms with Crippen molar-refractivity contribution in [2.24, 2.45) is 0 Å². The lowest BCUT2D eigenvalue weighted by molar-refractivity contribution is -0.384. The van der Waals surface area contributed by atoms with Crippen molar-refractivity contribution in [2.45, 2.75) is 13.0 Å². The number of hydrogen-bond acceptors (Lipinski definition) is 4. The molecule has 2 rings (SSSR count). The number of carbonyl (C=O) groups is 1.